The van der Waals surface area contributed by atoms with Crippen molar-refractivity contribution < 1.29 is 9.53 Å². The predicted octanol–water partition coefficient (Wildman–Crippen LogP) is 3.15. The van der Waals surface area contributed by atoms with Crippen LogP contribution in [0.3, 0.4) is 0 Å². The van der Waals surface area contributed by atoms with Crippen LogP contribution < -0.4 is 20.7 Å². The molecule has 144 valence electrons. The molecule has 0 bridgehead atoms. The smallest absolute Gasteiger partial charge is 0.226 e. The molecule has 0 aromatic heterocycles. The fraction of sp³-hybridized carbons (Fsp3) is 0.333. The highest BCUT2D eigenvalue weighted by atomic mass is 16.5. The molecule has 1 amide bonds. The zero-order chi connectivity index (χ0) is 19.6. The third-order valence-corrected chi connectivity index (χ3v) is 4.02. The Hall–Kier alpha value is -3.02. The van der Waals surface area contributed by atoms with Crippen molar-refractivity contribution in [2.24, 2.45) is 10.9 Å². The van der Waals surface area contributed by atoms with Gasteiger partial charge in [0.15, 0.2) is 5.96 Å². The topological polar surface area (TPSA) is 74.8 Å². The van der Waals surface area contributed by atoms with E-state index >= 15 is 0 Å². The van der Waals surface area contributed by atoms with Crippen LogP contribution in [0.2, 0.25) is 0 Å². The van der Waals surface area contributed by atoms with Crippen molar-refractivity contribution in [2.75, 3.05) is 19.5 Å². The van der Waals surface area contributed by atoms with Gasteiger partial charge in [0.1, 0.15) is 5.75 Å². The molecule has 0 radical (unpaired) electrons. The number of anilines is 1. The Bertz CT molecular complexity index is 770. The van der Waals surface area contributed by atoms with E-state index in [1.165, 1.54) is 0 Å². The fourth-order valence-corrected chi connectivity index (χ4v) is 2.37. The molecular weight excluding hydrogens is 340 g/mol. The van der Waals surface area contributed by atoms with Crippen LogP contribution in [0.25, 0.3) is 0 Å². The fourth-order valence-electron chi connectivity index (χ4n) is 2.37. The molecule has 3 N–H and O–H groups in total. The lowest BCUT2D eigenvalue weighted by Crippen LogP contribution is -2.36. The molecule has 0 spiro atoms. The monoisotopic (exact) mass is 368 g/mol. The van der Waals surface area contributed by atoms with Crippen LogP contribution in [0.1, 0.15) is 25.0 Å². The molecule has 0 aliphatic rings. The summed E-state index contributed by atoms with van der Waals surface area (Å²) >= 11 is 0. The number of carbonyl (C=O) groups excluding carboxylic acids is 1. The summed E-state index contributed by atoms with van der Waals surface area (Å²) in [5, 5.41) is 9.45. The lowest BCUT2D eigenvalue weighted by molar-refractivity contribution is -0.118. The van der Waals surface area contributed by atoms with Gasteiger partial charge in [-0.15, -0.1) is 0 Å². The number of methoxy groups -OCH3 is 1. The first kappa shape index (κ1) is 20.3. The zero-order valence-electron chi connectivity index (χ0n) is 16.4. The third-order valence-electron chi connectivity index (χ3n) is 4.02. The maximum Gasteiger partial charge on any atom is 0.226 e. The van der Waals surface area contributed by atoms with E-state index < -0.39 is 0 Å². The Morgan fingerprint density at radius 2 is 1.70 bits per heavy atom. The highest BCUT2D eigenvalue weighted by Gasteiger charge is 2.07. The Morgan fingerprint density at radius 3 is 2.30 bits per heavy atom. The summed E-state index contributed by atoms with van der Waals surface area (Å²) in [5.41, 5.74) is 3.02. The molecule has 2 aromatic rings. The second-order valence-electron chi connectivity index (χ2n) is 6.47. The molecule has 2 aromatic carbocycles. The van der Waals surface area contributed by atoms with Crippen molar-refractivity contribution >= 4 is 17.6 Å². The molecule has 0 fully saturated rings. The van der Waals surface area contributed by atoms with E-state index in [-0.39, 0.29) is 11.8 Å². The van der Waals surface area contributed by atoms with Crippen molar-refractivity contribution in [3.63, 3.8) is 0 Å². The number of aliphatic imine (C=N–C) groups is 1. The Morgan fingerprint density at radius 1 is 1.04 bits per heavy atom. The predicted molar refractivity (Wildman–Crippen MR) is 110 cm³/mol. The van der Waals surface area contributed by atoms with E-state index in [1.807, 2.05) is 62.4 Å². The van der Waals surface area contributed by atoms with Gasteiger partial charge in [-0.2, -0.15) is 0 Å². The van der Waals surface area contributed by atoms with E-state index in [0.717, 1.165) is 28.5 Å². The number of carbonyl (C=O) groups is 1. The van der Waals surface area contributed by atoms with Gasteiger partial charge in [-0.05, 0) is 35.4 Å². The lowest BCUT2D eigenvalue weighted by Gasteiger charge is -2.13. The minimum atomic E-state index is -0.0367. The molecule has 6 nitrogen and oxygen atoms in total. The van der Waals surface area contributed by atoms with Gasteiger partial charge in [0.25, 0.3) is 0 Å². The lowest BCUT2D eigenvalue weighted by atomic mass is 10.1. The van der Waals surface area contributed by atoms with Gasteiger partial charge in [-0.1, -0.05) is 38.1 Å². The first-order valence-electron chi connectivity index (χ1n) is 8.99. The van der Waals surface area contributed by atoms with E-state index in [0.29, 0.717) is 13.1 Å². The molecule has 0 heterocycles. The minimum absolute atomic E-state index is 0.0167. The molecule has 2 rings (SSSR count). The van der Waals surface area contributed by atoms with Crippen molar-refractivity contribution in [1.82, 2.24) is 10.6 Å². The quantitative estimate of drug-likeness (QED) is 0.518. The maximum absolute atomic E-state index is 11.7. The Labute approximate surface area is 161 Å². The summed E-state index contributed by atoms with van der Waals surface area (Å²) in [4.78, 5) is 16.0. The van der Waals surface area contributed by atoms with Crippen molar-refractivity contribution in [1.29, 1.82) is 0 Å². The van der Waals surface area contributed by atoms with E-state index in [1.54, 1.807) is 14.2 Å². The second-order valence-corrected chi connectivity index (χ2v) is 6.47. The number of hydrogen-bond donors (Lipinski definition) is 3. The highest BCUT2D eigenvalue weighted by Crippen LogP contribution is 2.12. The van der Waals surface area contributed by atoms with Crippen molar-refractivity contribution in [3.05, 3.63) is 59.7 Å². The van der Waals surface area contributed by atoms with Gasteiger partial charge >= 0.3 is 0 Å². The molecule has 0 atom stereocenters. The maximum atomic E-state index is 11.7. The van der Waals surface area contributed by atoms with Crippen LogP contribution in [0.5, 0.6) is 5.75 Å². The molecule has 0 aliphatic carbocycles. The number of hydrogen-bond acceptors (Lipinski definition) is 3. The minimum Gasteiger partial charge on any atom is -0.497 e. The summed E-state index contributed by atoms with van der Waals surface area (Å²) in [6, 6.07) is 15.7. The van der Waals surface area contributed by atoms with Gasteiger partial charge in [-0.3, -0.25) is 9.79 Å². The molecule has 0 aliphatic heterocycles. The van der Waals surface area contributed by atoms with Crippen molar-refractivity contribution in [2.45, 2.75) is 26.9 Å². The first-order chi connectivity index (χ1) is 13.0. The standard InChI is InChI=1S/C21H28N4O2/c1-15(2)20(26)25-18-10-8-16(9-11-18)13-23-21(22-3)24-14-17-6-5-7-19(12-17)27-4/h5-12,15H,13-14H2,1-4H3,(H,25,26)(H2,22,23,24). The Kier molecular flexibility index (Phi) is 7.67. The van der Waals surface area contributed by atoms with E-state index in [2.05, 4.69) is 20.9 Å². The van der Waals surface area contributed by atoms with Crippen LogP contribution in [0.4, 0.5) is 5.69 Å². The average molecular weight is 368 g/mol. The largest absolute Gasteiger partial charge is 0.497 e. The van der Waals surface area contributed by atoms with E-state index in [4.69, 9.17) is 4.74 Å². The highest BCUT2D eigenvalue weighted by molar-refractivity contribution is 5.92. The van der Waals surface area contributed by atoms with Crippen LogP contribution in [0.15, 0.2) is 53.5 Å². The molecule has 0 unspecified atom stereocenters. The van der Waals surface area contributed by atoms with Gasteiger partial charge in [-0.25, -0.2) is 0 Å². The Balaban J connectivity index is 1.83. The SMILES string of the molecule is CN=C(NCc1ccc(NC(=O)C(C)C)cc1)NCc1cccc(OC)c1. The van der Waals surface area contributed by atoms with Crippen LogP contribution in [-0.4, -0.2) is 26.0 Å². The number of nitrogens with zero attached hydrogens (tertiary/aromatic N) is 1. The summed E-state index contributed by atoms with van der Waals surface area (Å²) in [5.74, 6) is 1.53. The number of rotatable bonds is 7. The molecular formula is C21H28N4O2. The zero-order valence-corrected chi connectivity index (χ0v) is 16.4. The molecule has 6 heteroatoms. The number of benzene rings is 2. The average Bonchev–Trinajstić information content (AvgIpc) is 2.69. The number of guanidine groups is 1. The van der Waals surface area contributed by atoms with Crippen LogP contribution in [0, 0.1) is 5.92 Å². The van der Waals surface area contributed by atoms with E-state index in [9.17, 15) is 4.79 Å². The summed E-state index contributed by atoms with van der Waals surface area (Å²) in [7, 11) is 3.40. The van der Waals surface area contributed by atoms with Crippen LogP contribution in [-0.2, 0) is 17.9 Å². The van der Waals surface area contributed by atoms with Gasteiger partial charge < -0.3 is 20.7 Å². The van der Waals surface area contributed by atoms with Crippen molar-refractivity contribution in [3.8, 4) is 5.75 Å². The second kappa shape index (κ2) is 10.2. The normalized spacial score (nSPS) is 11.2. The summed E-state index contributed by atoms with van der Waals surface area (Å²) in [6.45, 7) is 5.03. The first-order valence-corrected chi connectivity index (χ1v) is 8.99. The van der Waals surface area contributed by atoms with Gasteiger partial charge in [0, 0.05) is 31.7 Å². The number of ether oxygens (including phenoxy) is 1. The number of nitrogens with one attached hydrogen (secondary N) is 3. The third kappa shape index (κ3) is 6.66. The summed E-state index contributed by atoms with van der Waals surface area (Å²) in [6.07, 6.45) is 0. The van der Waals surface area contributed by atoms with Crippen LogP contribution >= 0.6 is 0 Å². The molecule has 0 saturated heterocycles. The summed E-state index contributed by atoms with van der Waals surface area (Å²) < 4.78 is 5.24. The number of amides is 1. The molecule has 27 heavy (non-hydrogen) atoms. The molecule has 0 saturated carbocycles. The van der Waals surface area contributed by atoms with Gasteiger partial charge in [0.05, 0.1) is 7.11 Å². The van der Waals surface area contributed by atoms with Gasteiger partial charge in [0.2, 0.25) is 5.91 Å².